The van der Waals surface area contributed by atoms with Gasteiger partial charge in [0, 0.05) is 24.5 Å². The summed E-state index contributed by atoms with van der Waals surface area (Å²) in [5.41, 5.74) is 5.83. The topological polar surface area (TPSA) is 114 Å². The van der Waals surface area contributed by atoms with Crippen LogP contribution in [0.5, 0.6) is 0 Å². The van der Waals surface area contributed by atoms with Crippen molar-refractivity contribution in [2.24, 2.45) is 11.7 Å². The Balaban J connectivity index is 0.00000242. The molecule has 0 radical (unpaired) electrons. The van der Waals surface area contributed by atoms with E-state index in [9.17, 15) is 13.2 Å². The number of halogens is 1. The molecule has 1 fully saturated rings. The van der Waals surface area contributed by atoms with Crippen LogP contribution in [-0.4, -0.2) is 38.2 Å². The Morgan fingerprint density at radius 1 is 1.50 bits per heavy atom. The summed E-state index contributed by atoms with van der Waals surface area (Å²) in [6.07, 6.45) is 3.83. The molecule has 0 spiro atoms. The first kappa shape index (κ1) is 19.3. The van der Waals surface area contributed by atoms with Gasteiger partial charge in [0.2, 0.25) is 10.0 Å². The van der Waals surface area contributed by atoms with Gasteiger partial charge in [0.1, 0.15) is 10.7 Å². The predicted octanol–water partition coefficient (Wildman–Crippen LogP) is 0.471. The van der Waals surface area contributed by atoms with E-state index in [0.29, 0.717) is 18.8 Å². The van der Waals surface area contributed by atoms with Gasteiger partial charge in [-0.25, -0.2) is 18.1 Å². The number of sulfonamides is 1. The lowest BCUT2D eigenvalue weighted by Crippen LogP contribution is -2.41. The molecule has 1 heterocycles. The molecular weight excluding hydrogens is 348 g/mol. The molecule has 4 N–H and O–H groups in total. The van der Waals surface area contributed by atoms with Crippen molar-refractivity contribution in [2.45, 2.75) is 31.8 Å². The molecule has 2 rings (SSSR count). The summed E-state index contributed by atoms with van der Waals surface area (Å²) in [7, 11) is -3.22. The smallest absolute Gasteiger partial charge is 0.270 e. The van der Waals surface area contributed by atoms with Gasteiger partial charge in [-0.3, -0.25) is 4.79 Å². The molecule has 0 aliphatic heterocycles. The second-order valence-corrected chi connectivity index (χ2v) is 7.95. The average Bonchev–Trinajstić information content (AvgIpc) is 3.03. The van der Waals surface area contributed by atoms with Crippen molar-refractivity contribution in [1.82, 2.24) is 15.0 Å². The Labute approximate surface area is 140 Å². The molecule has 1 aromatic heterocycles. The highest BCUT2D eigenvalue weighted by molar-refractivity contribution is 7.88. The summed E-state index contributed by atoms with van der Waals surface area (Å²) < 4.78 is 25.3. The highest BCUT2D eigenvalue weighted by atomic mass is 35.5. The standard InChI is InChI=1S/C12H20N4O3S2.ClH/c1-21(18,19)16-9-4-2-3-8(9)6-14-12(17)10-7-20-11(5-13)15-10;/h7-9,16H,2-6,13H2,1H3,(H,14,17);1H. The Morgan fingerprint density at radius 2 is 2.23 bits per heavy atom. The minimum absolute atomic E-state index is 0. The van der Waals surface area contributed by atoms with Crippen LogP contribution < -0.4 is 15.8 Å². The highest BCUT2D eigenvalue weighted by Crippen LogP contribution is 2.25. The second kappa shape index (κ2) is 8.21. The minimum Gasteiger partial charge on any atom is -0.350 e. The van der Waals surface area contributed by atoms with Gasteiger partial charge < -0.3 is 11.1 Å². The van der Waals surface area contributed by atoms with Gasteiger partial charge in [-0.15, -0.1) is 23.7 Å². The minimum atomic E-state index is -3.22. The molecule has 0 bridgehead atoms. The third-order valence-corrected chi connectivity index (χ3v) is 5.11. The van der Waals surface area contributed by atoms with Gasteiger partial charge >= 0.3 is 0 Å². The van der Waals surface area contributed by atoms with E-state index in [0.717, 1.165) is 30.5 Å². The van der Waals surface area contributed by atoms with E-state index in [1.165, 1.54) is 11.3 Å². The number of carbonyl (C=O) groups excluding carboxylic acids is 1. The zero-order chi connectivity index (χ0) is 15.5. The first-order valence-corrected chi connectivity index (χ1v) is 9.56. The van der Waals surface area contributed by atoms with Crippen LogP contribution in [-0.2, 0) is 16.6 Å². The number of carbonyl (C=O) groups is 1. The molecule has 1 saturated carbocycles. The molecule has 0 saturated heterocycles. The first-order valence-electron chi connectivity index (χ1n) is 6.79. The molecule has 1 aromatic rings. The van der Waals surface area contributed by atoms with Crippen molar-refractivity contribution in [2.75, 3.05) is 12.8 Å². The maximum Gasteiger partial charge on any atom is 0.270 e. The number of hydrogen-bond donors (Lipinski definition) is 3. The Hall–Kier alpha value is -0.740. The van der Waals surface area contributed by atoms with Crippen LogP contribution in [0, 0.1) is 5.92 Å². The van der Waals surface area contributed by atoms with Crippen molar-refractivity contribution in [3.8, 4) is 0 Å². The monoisotopic (exact) mass is 368 g/mol. The normalized spacial score (nSPS) is 21.4. The molecule has 10 heteroatoms. The molecule has 126 valence electrons. The van der Waals surface area contributed by atoms with Gasteiger partial charge in [-0.1, -0.05) is 6.42 Å². The van der Waals surface area contributed by atoms with Crippen LogP contribution in [0.2, 0.25) is 0 Å². The third kappa shape index (κ3) is 5.47. The van der Waals surface area contributed by atoms with Gasteiger partial charge in [0.05, 0.1) is 6.26 Å². The van der Waals surface area contributed by atoms with E-state index in [2.05, 4.69) is 15.0 Å². The number of thiazole rings is 1. The van der Waals surface area contributed by atoms with Crippen LogP contribution in [0.3, 0.4) is 0 Å². The van der Waals surface area contributed by atoms with Crippen LogP contribution in [0.4, 0.5) is 0 Å². The van der Waals surface area contributed by atoms with Gasteiger partial charge in [0.15, 0.2) is 0 Å². The molecule has 1 amide bonds. The van der Waals surface area contributed by atoms with E-state index in [1.54, 1.807) is 5.38 Å². The molecular formula is C12H21ClN4O3S2. The summed E-state index contributed by atoms with van der Waals surface area (Å²) in [4.78, 5) is 16.1. The predicted molar refractivity (Wildman–Crippen MR) is 88.7 cm³/mol. The van der Waals surface area contributed by atoms with Crippen molar-refractivity contribution in [1.29, 1.82) is 0 Å². The van der Waals surface area contributed by atoms with Crippen LogP contribution in [0.1, 0.15) is 34.8 Å². The number of nitrogens with zero attached hydrogens (tertiary/aromatic N) is 1. The van der Waals surface area contributed by atoms with Gasteiger partial charge in [0.25, 0.3) is 5.91 Å². The number of hydrogen-bond acceptors (Lipinski definition) is 6. The van der Waals surface area contributed by atoms with Crippen molar-refractivity contribution < 1.29 is 13.2 Å². The third-order valence-electron chi connectivity index (χ3n) is 3.51. The summed E-state index contributed by atoms with van der Waals surface area (Å²) in [6, 6.07) is -0.102. The Bertz CT molecular complexity index is 605. The molecule has 1 aliphatic rings. The fourth-order valence-electron chi connectivity index (χ4n) is 2.53. The molecule has 7 nitrogen and oxygen atoms in total. The van der Waals surface area contributed by atoms with E-state index < -0.39 is 10.0 Å². The van der Waals surface area contributed by atoms with Crippen molar-refractivity contribution >= 4 is 39.7 Å². The van der Waals surface area contributed by atoms with Crippen LogP contribution in [0.25, 0.3) is 0 Å². The summed E-state index contributed by atoms with van der Waals surface area (Å²) in [6.45, 7) is 0.766. The fourth-order valence-corrected chi connectivity index (χ4v) is 4.05. The van der Waals surface area contributed by atoms with Crippen molar-refractivity contribution in [3.05, 3.63) is 16.1 Å². The quantitative estimate of drug-likeness (QED) is 0.675. The maximum atomic E-state index is 12.0. The second-order valence-electron chi connectivity index (χ2n) is 5.23. The van der Waals surface area contributed by atoms with Crippen molar-refractivity contribution in [3.63, 3.8) is 0 Å². The number of aromatic nitrogens is 1. The molecule has 22 heavy (non-hydrogen) atoms. The highest BCUT2D eigenvalue weighted by Gasteiger charge is 2.29. The van der Waals surface area contributed by atoms with E-state index >= 15 is 0 Å². The lowest BCUT2D eigenvalue weighted by Gasteiger charge is -2.20. The fraction of sp³-hybridized carbons (Fsp3) is 0.667. The zero-order valence-electron chi connectivity index (χ0n) is 12.2. The van der Waals surface area contributed by atoms with E-state index in [-0.39, 0.29) is 30.3 Å². The lowest BCUT2D eigenvalue weighted by atomic mass is 10.0. The molecule has 1 aliphatic carbocycles. The molecule has 2 atom stereocenters. The van der Waals surface area contributed by atoms with E-state index in [4.69, 9.17) is 5.73 Å². The maximum absolute atomic E-state index is 12.0. The molecule has 0 aromatic carbocycles. The number of nitrogens with one attached hydrogen (secondary N) is 2. The van der Waals surface area contributed by atoms with Crippen LogP contribution >= 0.6 is 23.7 Å². The van der Waals surface area contributed by atoms with Gasteiger partial charge in [-0.05, 0) is 18.8 Å². The number of rotatable bonds is 6. The van der Waals surface area contributed by atoms with Gasteiger partial charge in [-0.2, -0.15) is 0 Å². The summed E-state index contributed by atoms with van der Waals surface area (Å²) in [5.74, 6) is -0.118. The summed E-state index contributed by atoms with van der Waals surface area (Å²) in [5, 5.41) is 5.22. The lowest BCUT2D eigenvalue weighted by molar-refractivity contribution is 0.0941. The van der Waals surface area contributed by atoms with Crippen LogP contribution in [0.15, 0.2) is 5.38 Å². The number of amides is 1. The average molecular weight is 369 g/mol. The zero-order valence-corrected chi connectivity index (χ0v) is 14.7. The molecule has 2 unspecified atom stereocenters. The SMILES string of the molecule is CS(=O)(=O)NC1CCCC1CNC(=O)c1csc(CN)n1.Cl. The Kier molecular flexibility index (Phi) is 7.20. The Morgan fingerprint density at radius 3 is 2.82 bits per heavy atom. The largest absolute Gasteiger partial charge is 0.350 e. The number of nitrogens with two attached hydrogens (primary N) is 1. The summed E-state index contributed by atoms with van der Waals surface area (Å²) >= 11 is 1.36. The first-order chi connectivity index (χ1) is 9.89. The van der Waals surface area contributed by atoms with E-state index in [1.807, 2.05) is 0 Å².